The maximum Gasteiger partial charge on any atom is 0.353 e. The fourth-order valence-corrected chi connectivity index (χ4v) is 4.77. The molecule has 1 N–H and O–H groups in total. The van der Waals surface area contributed by atoms with Crippen LogP contribution in [0.5, 0.6) is 17.2 Å². The van der Waals surface area contributed by atoms with Gasteiger partial charge in [0, 0.05) is 38.4 Å². The lowest BCUT2D eigenvalue weighted by atomic mass is 10.1. The number of nitrogens with zero attached hydrogens (tertiary/aromatic N) is 5. The van der Waals surface area contributed by atoms with Crippen LogP contribution in [0, 0.1) is 24.0 Å². The smallest absolute Gasteiger partial charge is 0.353 e. The Hall–Kier alpha value is -4.28. The Kier molecular flexibility index (Phi) is 7.80. The van der Waals surface area contributed by atoms with Crippen molar-refractivity contribution in [2.45, 2.75) is 20.4 Å². The third-order valence-corrected chi connectivity index (χ3v) is 6.50. The van der Waals surface area contributed by atoms with E-state index in [9.17, 15) is 10.1 Å². The minimum absolute atomic E-state index is 0.143. The van der Waals surface area contributed by atoms with Crippen LogP contribution in [0.1, 0.15) is 16.7 Å². The maximum atomic E-state index is 12.1. The molecule has 0 radical (unpaired) electrons. The monoisotopic (exact) mass is 508 g/mol. The van der Waals surface area contributed by atoms with Gasteiger partial charge in [-0.1, -0.05) is 18.2 Å². The van der Waals surface area contributed by atoms with Gasteiger partial charge < -0.3 is 29.3 Å². The lowest BCUT2D eigenvalue weighted by Gasteiger charge is -2.37. The van der Waals surface area contributed by atoms with Crippen molar-refractivity contribution >= 4 is 23.0 Å². The second kappa shape index (κ2) is 11.2. The molecule has 196 valence electrons. The molecule has 37 heavy (non-hydrogen) atoms. The lowest BCUT2D eigenvalue weighted by molar-refractivity contribution is -0.383. The van der Waals surface area contributed by atoms with Crippen molar-refractivity contribution in [3.63, 3.8) is 0 Å². The molecule has 0 atom stereocenters. The molecule has 0 saturated carbocycles. The Labute approximate surface area is 216 Å². The second-order valence-corrected chi connectivity index (χ2v) is 8.75. The number of hydrogen-bond acceptors (Lipinski definition) is 10. The average molecular weight is 509 g/mol. The Morgan fingerprint density at radius 3 is 2.08 bits per heavy atom. The number of nitro groups is 1. The number of aryl methyl sites for hydroxylation is 2. The van der Waals surface area contributed by atoms with Crippen LogP contribution in [0.3, 0.4) is 0 Å². The number of methoxy groups -OCH3 is 3. The Morgan fingerprint density at radius 2 is 1.54 bits per heavy atom. The third-order valence-electron chi connectivity index (χ3n) is 6.50. The zero-order valence-electron chi connectivity index (χ0n) is 21.8. The molecule has 1 fully saturated rings. The molecule has 2 aromatic carbocycles. The molecule has 3 aromatic rings. The molecule has 0 spiro atoms. The van der Waals surface area contributed by atoms with Crippen LogP contribution < -0.4 is 29.3 Å². The summed E-state index contributed by atoms with van der Waals surface area (Å²) in [5, 5.41) is 15.2. The summed E-state index contributed by atoms with van der Waals surface area (Å²) in [5.74, 6) is 1.94. The molecule has 11 heteroatoms. The number of hydrogen-bond donors (Lipinski definition) is 1. The van der Waals surface area contributed by atoms with Gasteiger partial charge in [-0.15, -0.1) is 0 Å². The van der Waals surface area contributed by atoms with Crippen LogP contribution in [0.4, 0.5) is 23.0 Å². The maximum absolute atomic E-state index is 12.1. The number of piperazine rings is 1. The summed E-state index contributed by atoms with van der Waals surface area (Å²) in [4.78, 5) is 24.5. The van der Waals surface area contributed by atoms with Gasteiger partial charge in [0.25, 0.3) is 0 Å². The molecule has 4 rings (SSSR count). The fraction of sp³-hybridized carbons (Fsp3) is 0.385. The lowest BCUT2D eigenvalue weighted by Crippen LogP contribution is -2.47. The second-order valence-electron chi connectivity index (χ2n) is 8.75. The Morgan fingerprint density at radius 1 is 0.946 bits per heavy atom. The first-order valence-corrected chi connectivity index (χ1v) is 12.0. The summed E-state index contributed by atoms with van der Waals surface area (Å²) < 4.78 is 16.2. The van der Waals surface area contributed by atoms with Crippen molar-refractivity contribution in [1.29, 1.82) is 0 Å². The van der Waals surface area contributed by atoms with Crippen molar-refractivity contribution in [2.24, 2.45) is 0 Å². The number of rotatable bonds is 9. The van der Waals surface area contributed by atoms with Gasteiger partial charge in [0.15, 0.2) is 11.5 Å². The molecule has 0 aliphatic carbocycles. The molecule has 1 saturated heterocycles. The van der Waals surface area contributed by atoms with Gasteiger partial charge in [-0.05, 0) is 42.7 Å². The summed E-state index contributed by atoms with van der Waals surface area (Å²) in [7, 11) is 4.61. The van der Waals surface area contributed by atoms with Crippen molar-refractivity contribution in [3.8, 4) is 17.2 Å². The predicted molar refractivity (Wildman–Crippen MR) is 142 cm³/mol. The molecule has 1 aromatic heterocycles. The van der Waals surface area contributed by atoms with Crippen molar-refractivity contribution in [2.75, 3.05) is 62.6 Å². The van der Waals surface area contributed by atoms with Crippen LogP contribution in [0.2, 0.25) is 0 Å². The van der Waals surface area contributed by atoms with Gasteiger partial charge >= 0.3 is 5.69 Å². The number of ether oxygens (including phenoxy) is 3. The number of benzene rings is 2. The molecular formula is C26H32N6O5. The normalized spacial score (nSPS) is 13.3. The summed E-state index contributed by atoms with van der Waals surface area (Å²) in [5.41, 5.74) is 4.31. The van der Waals surface area contributed by atoms with E-state index in [0.29, 0.717) is 36.2 Å². The number of anilines is 3. The van der Waals surface area contributed by atoms with Crippen molar-refractivity contribution < 1.29 is 19.1 Å². The summed E-state index contributed by atoms with van der Waals surface area (Å²) in [6, 6.07) is 9.84. The first-order chi connectivity index (χ1) is 17.9. The topological polar surface area (TPSA) is 115 Å². The van der Waals surface area contributed by atoms with E-state index in [4.69, 9.17) is 14.2 Å². The van der Waals surface area contributed by atoms with Gasteiger partial charge in [-0.25, -0.2) is 9.97 Å². The van der Waals surface area contributed by atoms with E-state index in [2.05, 4.69) is 52.2 Å². The molecule has 0 amide bonds. The molecular weight excluding hydrogens is 476 g/mol. The van der Waals surface area contributed by atoms with Crippen LogP contribution >= 0.6 is 0 Å². The Balaban J connectivity index is 1.54. The predicted octanol–water partition coefficient (Wildman–Crippen LogP) is 3.97. The van der Waals surface area contributed by atoms with Gasteiger partial charge in [0.05, 0.1) is 26.3 Å². The first-order valence-electron chi connectivity index (χ1n) is 12.0. The van der Waals surface area contributed by atoms with Crippen LogP contribution in [-0.2, 0) is 6.54 Å². The minimum Gasteiger partial charge on any atom is -0.493 e. The van der Waals surface area contributed by atoms with Gasteiger partial charge in [-0.3, -0.25) is 10.1 Å². The van der Waals surface area contributed by atoms with Crippen molar-refractivity contribution in [1.82, 2.24) is 9.97 Å². The van der Waals surface area contributed by atoms with E-state index in [1.807, 2.05) is 4.90 Å². The highest BCUT2D eigenvalue weighted by Gasteiger charge is 2.30. The van der Waals surface area contributed by atoms with Crippen molar-refractivity contribution in [3.05, 3.63) is 63.5 Å². The molecule has 2 heterocycles. The quantitative estimate of drug-likeness (QED) is 0.336. The molecule has 0 unspecified atom stereocenters. The number of para-hydroxylation sites is 1. The number of nitrogens with one attached hydrogen (secondary N) is 1. The zero-order valence-corrected chi connectivity index (χ0v) is 21.8. The zero-order chi connectivity index (χ0) is 26.5. The Bertz CT molecular complexity index is 1230. The van der Waals surface area contributed by atoms with Crippen LogP contribution in [-0.4, -0.2) is 62.4 Å². The number of aromatic nitrogens is 2. The van der Waals surface area contributed by atoms with Gasteiger partial charge in [0.2, 0.25) is 17.4 Å². The van der Waals surface area contributed by atoms with E-state index >= 15 is 0 Å². The molecule has 0 bridgehead atoms. The highest BCUT2D eigenvalue weighted by Crippen LogP contribution is 2.39. The van der Waals surface area contributed by atoms with E-state index in [0.717, 1.165) is 18.7 Å². The van der Waals surface area contributed by atoms with E-state index in [-0.39, 0.29) is 18.1 Å². The molecule has 11 nitrogen and oxygen atoms in total. The summed E-state index contributed by atoms with van der Waals surface area (Å²) in [6.45, 7) is 7.16. The minimum atomic E-state index is -0.426. The fourth-order valence-electron chi connectivity index (χ4n) is 4.77. The van der Waals surface area contributed by atoms with Gasteiger partial charge in [0.1, 0.15) is 6.33 Å². The SMILES string of the molecule is COc1cc(CNc2ncnc(N3CCN(c4c(C)cccc4C)CC3)c2[N+](=O)[O-])cc(OC)c1OC. The highest BCUT2D eigenvalue weighted by molar-refractivity contribution is 5.71. The van der Waals surface area contributed by atoms with Crippen LogP contribution in [0.25, 0.3) is 0 Å². The third kappa shape index (κ3) is 5.30. The average Bonchev–Trinajstić information content (AvgIpc) is 2.91. The standard InChI is InChI=1S/C26H32N6O5/c1-17-7-6-8-18(2)22(17)30-9-11-31(12-10-30)26-23(32(33)34)25(28-16-29-26)27-15-19-13-20(35-3)24(37-5)21(14-19)36-4/h6-8,13-14,16H,9-12,15H2,1-5H3,(H,27,28,29). The van der Waals surface area contributed by atoms with Gasteiger partial charge in [-0.2, -0.15) is 0 Å². The summed E-state index contributed by atoms with van der Waals surface area (Å²) in [6.07, 6.45) is 1.36. The van der Waals surface area contributed by atoms with E-state index in [1.54, 1.807) is 12.1 Å². The largest absolute Gasteiger partial charge is 0.493 e. The van der Waals surface area contributed by atoms with E-state index in [1.165, 1.54) is 44.5 Å². The van der Waals surface area contributed by atoms with Crippen LogP contribution in [0.15, 0.2) is 36.7 Å². The highest BCUT2D eigenvalue weighted by atomic mass is 16.6. The molecule has 1 aliphatic heterocycles. The summed E-state index contributed by atoms with van der Waals surface area (Å²) >= 11 is 0. The van der Waals surface area contributed by atoms with E-state index < -0.39 is 4.92 Å². The first kappa shape index (κ1) is 25.8. The molecule has 1 aliphatic rings.